The van der Waals surface area contributed by atoms with Crippen LogP contribution >= 0.6 is 11.3 Å². The molecule has 0 spiro atoms. The Labute approximate surface area is 139 Å². The van der Waals surface area contributed by atoms with Crippen molar-refractivity contribution in [1.29, 1.82) is 0 Å². The summed E-state index contributed by atoms with van der Waals surface area (Å²) in [4.78, 5) is 17.1. The molecule has 0 radical (unpaired) electrons. The van der Waals surface area contributed by atoms with Crippen LogP contribution in [-0.4, -0.2) is 22.3 Å². The van der Waals surface area contributed by atoms with Crippen molar-refractivity contribution in [3.63, 3.8) is 0 Å². The number of ether oxygens (including phenoxy) is 1. The summed E-state index contributed by atoms with van der Waals surface area (Å²) >= 11 is 1.53. The van der Waals surface area contributed by atoms with E-state index in [2.05, 4.69) is 31.0 Å². The van der Waals surface area contributed by atoms with Crippen molar-refractivity contribution < 1.29 is 9.53 Å². The number of carbonyl (C=O) groups is 1. The number of carbonyl (C=O) groups excluding carboxylic acids is 1. The molecule has 0 aliphatic rings. The van der Waals surface area contributed by atoms with Gasteiger partial charge in [0.05, 0.1) is 6.61 Å². The van der Waals surface area contributed by atoms with E-state index in [1.165, 1.54) is 11.3 Å². The average molecular weight is 328 g/mol. The summed E-state index contributed by atoms with van der Waals surface area (Å²) in [7, 11) is 0. The normalized spacial score (nSPS) is 11.3. The van der Waals surface area contributed by atoms with E-state index in [1.807, 2.05) is 29.8 Å². The first kappa shape index (κ1) is 15.7. The minimum absolute atomic E-state index is 0.333. The maximum Gasteiger partial charge on any atom is 0.194 e. The molecule has 0 aliphatic carbocycles. The lowest BCUT2D eigenvalue weighted by molar-refractivity contribution is 0.111. The number of aldehydes is 1. The second kappa shape index (κ2) is 6.16. The molecule has 0 amide bonds. The van der Waals surface area contributed by atoms with Crippen LogP contribution in [0.3, 0.4) is 0 Å². The Morgan fingerprint density at radius 2 is 2.17 bits per heavy atom. The second-order valence-electron chi connectivity index (χ2n) is 5.81. The maximum absolute atomic E-state index is 11.6. The van der Waals surface area contributed by atoms with Crippen molar-refractivity contribution in [3.8, 4) is 17.0 Å². The molecule has 0 N–H and O–H groups in total. The molecule has 0 saturated heterocycles. The number of rotatable bonds is 5. The summed E-state index contributed by atoms with van der Waals surface area (Å²) in [5, 5.41) is 1.93. The summed E-state index contributed by atoms with van der Waals surface area (Å²) in [5.41, 5.74) is 4.54. The first-order chi connectivity index (χ1) is 11.1. The first-order valence-electron chi connectivity index (χ1n) is 7.75. The highest BCUT2D eigenvalue weighted by Gasteiger charge is 2.19. The van der Waals surface area contributed by atoms with Gasteiger partial charge < -0.3 is 4.74 Å². The fraction of sp³-hybridized carbons (Fsp3) is 0.333. The van der Waals surface area contributed by atoms with E-state index in [9.17, 15) is 4.79 Å². The lowest BCUT2D eigenvalue weighted by atomic mass is 9.94. The zero-order chi connectivity index (χ0) is 16.6. The van der Waals surface area contributed by atoms with Gasteiger partial charge in [-0.05, 0) is 43.0 Å². The third-order valence-electron chi connectivity index (χ3n) is 3.94. The number of imidazole rings is 1. The van der Waals surface area contributed by atoms with Crippen molar-refractivity contribution in [3.05, 3.63) is 40.5 Å². The highest BCUT2D eigenvalue weighted by Crippen LogP contribution is 2.36. The molecule has 2 aromatic heterocycles. The standard InChI is InChI=1S/C18H20N2O2S/c1-5-22-16-8-12(4)14(9-13(16)11(2)3)17-15(10-21)20-6-7-23-18(20)19-17/h6-11H,5H2,1-4H3. The van der Waals surface area contributed by atoms with Gasteiger partial charge in [-0.2, -0.15) is 0 Å². The van der Waals surface area contributed by atoms with Gasteiger partial charge in [0, 0.05) is 17.1 Å². The SMILES string of the molecule is CCOc1cc(C)c(-c2nc3sccn3c2C=O)cc1C(C)C. The molecule has 0 atom stereocenters. The zero-order valence-electron chi connectivity index (χ0n) is 13.8. The van der Waals surface area contributed by atoms with Gasteiger partial charge in [0.15, 0.2) is 11.2 Å². The van der Waals surface area contributed by atoms with E-state index in [4.69, 9.17) is 4.74 Å². The molecule has 5 heteroatoms. The Balaban J connectivity index is 2.23. The van der Waals surface area contributed by atoms with Gasteiger partial charge >= 0.3 is 0 Å². The molecule has 0 unspecified atom stereocenters. The molecule has 23 heavy (non-hydrogen) atoms. The number of hydrogen-bond donors (Lipinski definition) is 0. The summed E-state index contributed by atoms with van der Waals surface area (Å²) in [6.07, 6.45) is 2.76. The van der Waals surface area contributed by atoms with Crippen molar-refractivity contribution in [1.82, 2.24) is 9.38 Å². The Hall–Kier alpha value is -2.14. The highest BCUT2D eigenvalue weighted by molar-refractivity contribution is 7.15. The van der Waals surface area contributed by atoms with Gasteiger partial charge in [0.25, 0.3) is 0 Å². The highest BCUT2D eigenvalue weighted by atomic mass is 32.1. The van der Waals surface area contributed by atoms with E-state index < -0.39 is 0 Å². The van der Waals surface area contributed by atoms with Crippen LogP contribution in [0.2, 0.25) is 0 Å². The van der Waals surface area contributed by atoms with Gasteiger partial charge in [-0.3, -0.25) is 9.20 Å². The molecule has 3 rings (SSSR count). The molecular weight excluding hydrogens is 308 g/mol. The largest absolute Gasteiger partial charge is 0.494 e. The summed E-state index contributed by atoms with van der Waals surface area (Å²) < 4.78 is 7.62. The lowest BCUT2D eigenvalue weighted by Crippen LogP contribution is -2.01. The van der Waals surface area contributed by atoms with Crippen LogP contribution in [0.5, 0.6) is 5.75 Å². The Bertz CT molecular complexity index is 861. The number of nitrogens with zero attached hydrogens (tertiary/aromatic N) is 2. The molecule has 4 nitrogen and oxygen atoms in total. The molecule has 2 heterocycles. The number of aromatic nitrogens is 2. The Kier molecular flexibility index (Phi) is 4.22. The fourth-order valence-corrected chi connectivity index (χ4v) is 3.52. The zero-order valence-corrected chi connectivity index (χ0v) is 14.6. The monoisotopic (exact) mass is 328 g/mol. The van der Waals surface area contributed by atoms with E-state index >= 15 is 0 Å². The van der Waals surface area contributed by atoms with Crippen LogP contribution in [0.15, 0.2) is 23.7 Å². The first-order valence-corrected chi connectivity index (χ1v) is 8.63. The molecule has 0 bridgehead atoms. The van der Waals surface area contributed by atoms with Crippen molar-refractivity contribution >= 4 is 22.6 Å². The van der Waals surface area contributed by atoms with Crippen LogP contribution in [0.1, 0.15) is 48.3 Å². The van der Waals surface area contributed by atoms with Gasteiger partial charge in [0.1, 0.15) is 17.1 Å². The van der Waals surface area contributed by atoms with Crippen LogP contribution < -0.4 is 4.74 Å². The quantitative estimate of drug-likeness (QED) is 0.637. The Morgan fingerprint density at radius 1 is 1.39 bits per heavy atom. The summed E-state index contributed by atoms with van der Waals surface area (Å²) in [6.45, 7) is 8.94. The van der Waals surface area contributed by atoms with Gasteiger partial charge in [-0.1, -0.05) is 13.8 Å². The number of benzene rings is 1. The van der Waals surface area contributed by atoms with E-state index in [1.54, 1.807) is 0 Å². The van der Waals surface area contributed by atoms with E-state index in [0.717, 1.165) is 39.4 Å². The van der Waals surface area contributed by atoms with Crippen LogP contribution in [0, 0.1) is 6.92 Å². The smallest absolute Gasteiger partial charge is 0.194 e. The molecule has 1 aromatic carbocycles. The van der Waals surface area contributed by atoms with Crippen molar-refractivity contribution in [2.75, 3.05) is 6.61 Å². The van der Waals surface area contributed by atoms with Gasteiger partial charge in [0.2, 0.25) is 0 Å². The minimum Gasteiger partial charge on any atom is -0.494 e. The Morgan fingerprint density at radius 3 is 2.83 bits per heavy atom. The maximum atomic E-state index is 11.6. The predicted molar refractivity (Wildman–Crippen MR) is 93.9 cm³/mol. The molecule has 0 fully saturated rings. The number of fused-ring (bicyclic) bond motifs is 1. The molecule has 0 saturated carbocycles. The van der Waals surface area contributed by atoms with Crippen molar-refractivity contribution in [2.24, 2.45) is 0 Å². The predicted octanol–water partition coefficient (Wildman–Crippen LogP) is 4.71. The second-order valence-corrected chi connectivity index (χ2v) is 6.68. The van der Waals surface area contributed by atoms with E-state index in [-0.39, 0.29) is 0 Å². The van der Waals surface area contributed by atoms with Gasteiger partial charge in [-0.25, -0.2) is 4.98 Å². The van der Waals surface area contributed by atoms with Crippen LogP contribution in [0.25, 0.3) is 16.2 Å². The third kappa shape index (κ3) is 2.65. The summed E-state index contributed by atoms with van der Waals surface area (Å²) in [5.74, 6) is 1.25. The lowest BCUT2D eigenvalue weighted by Gasteiger charge is -2.16. The number of thiazole rings is 1. The van der Waals surface area contributed by atoms with Crippen molar-refractivity contribution in [2.45, 2.75) is 33.6 Å². The van der Waals surface area contributed by atoms with Gasteiger partial charge in [-0.15, -0.1) is 11.3 Å². The van der Waals surface area contributed by atoms with E-state index in [0.29, 0.717) is 18.2 Å². The number of hydrogen-bond acceptors (Lipinski definition) is 4. The van der Waals surface area contributed by atoms with Crippen LogP contribution in [0.4, 0.5) is 0 Å². The average Bonchev–Trinajstić information content (AvgIpc) is 3.07. The number of aryl methyl sites for hydroxylation is 1. The topological polar surface area (TPSA) is 43.6 Å². The molecule has 3 aromatic rings. The minimum atomic E-state index is 0.333. The molecule has 120 valence electrons. The molecular formula is C18H20N2O2S. The molecule has 0 aliphatic heterocycles. The summed E-state index contributed by atoms with van der Waals surface area (Å²) in [6, 6.07) is 4.17. The van der Waals surface area contributed by atoms with Crippen LogP contribution in [-0.2, 0) is 0 Å². The fourth-order valence-electron chi connectivity index (χ4n) is 2.80. The third-order valence-corrected chi connectivity index (χ3v) is 4.70.